The average Bonchev–Trinajstić information content (AvgIpc) is 2.48. The Balaban J connectivity index is 0.00000112. The van der Waals surface area contributed by atoms with Crippen LogP contribution in [0, 0.1) is 0 Å². The molecule has 15 heavy (non-hydrogen) atoms. The van der Waals surface area contributed by atoms with Crippen LogP contribution >= 0.6 is 0 Å². The number of hydrogen-bond donors (Lipinski definition) is 2. The average molecular weight is 235 g/mol. The number of imidazole rings is 1. The lowest BCUT2D eigenvalue weighted by Crippen LogP contribution is -3.00. The lowest BCUT2D eigenvalue weighted by atomic mass is 10.3. The van der Waals surface area contributed by atoms with Gasteiger partial charge < -0.3 is 22.6 Å². The summed E-state index contributed by atoms with van der Waals surface area (Å²) in [4.78, 5) is 0. The zero-order valence-corrected chi connectivity index (χ0v) is 9.37. The molecule has 2 heterocycles. The zero-order valence-electron chi connectivity index (χ0n) is 8.62. The molecule has 0 saturated heterocycles. The van der Waals surface area contributed by atoms with Crippen LogP contribution in [-0.2, 0) is 4.74 Å². The van der Waals surface area contributed by atoms with E-state index in [9.17, 15) is 10.2 Å². The van der Waals surface area contributed by atoms with Crippen LogP contribution in [0.25, 0.3) is 0 Å². The third-order valence-corrected chi connectivity index (χ3v) is 2.37. The zero-order chi connectivity index (χ0) is 10.3. The van der Waals surface area contributed by atoms with Gasteiger partial charge >= 0.3 is 0 Å². The molecule has 2 rings (SSSR count). The molecule has 0 aromatic carbocycles. The standard InChI is InChI=1S/C9H15N2O3.ClH/c1-6(12)8-10-3-4-11(5-10)9(14-8)7(2)13;/h3-9,12-13H,1-2H3;1H/q+1;/p-1. The Bertz CT molecular complexity index is 298. The second-order valence-electron chi connectivity index (χ2n) is 3.71. The molecule has 0 fully saturated rings. The van der Waals surface area contributed by atoms with E-state index in [0.717, 1.165) is 0 Å². The van der Waals surface area contributed by atoms with E-state index >= 15 is 0 Å². The predicted molar refractivity (Wildman–Crippen MR) is 47.1 cm³/mol. The Morgan fingerprint density at radius 2 is 2.00 bits per heavy atom. The number of hydrogen-bond acceptors (Lipinski definition) is 3. The molecule has 2 bridgehead atoms. The van der Waals surface area contributed by atoms with Crippen LogP contribution in [0.5, 0.6) is 0 Å². The molecular weight excluding hydrogens is 220 g/mol. The molecular formula is C9H15ClN2O3. The van der Waals surface area contributed by atoms with Crippen LogP contribution in [0.2, 0.25) is 0 Å². The summed E-state index contributed by atoms with van der Waals surface area (Å²) in [5.74, 6) is 0. The van der Waals surface area contributed by atoms with E-state index in [2.05, 4.69) is 0 Å². The van der Waals surface area contributed by atoms with Gasteiger partial charge in [-0.1, -0.05) is 0 Å². The van der Waals surface area contributed by atoms with Gasteiger partial charge in [0.2, 0.25) is 18.8 Å². The third-order valence-electron chi connectivity index (χ3n) is 2.37. The third kappa shape index (κ3) is 2.15. The summed E-state index contributed by atoms with van der Waals surface area (Å²) in [5, 5.41) is 19.0. The highest BCUT2D eigenvalue weighted by molar-refractivity contribution is 4.77. The first kappa shape index (κ1) is 12.4. The number of aliphatic hydroxyl groups is 2. The maximum Gasteiger partial charge on any atom is 0.248 e. The minimum atomic E-state index is -0.600. The Hall–Kier alpha value is -0.620. The van der Waals surface area contributed by atoms with Crippen molar-refractivity contribution in [2.45, 2.75) is 38.5 Å². The van der Waals surface area contributed by atoms with Crippen molar-refractivity contribution in [2.75, 3.05) is 0 Å². The molecule has 0 spiro atoms. The second kappa shape index (κ2) is 4.49. The molecule has 1 aliphatic heterocycles. The summed E-state index contributed by atoms with van der Waals surface area (Å²) in [6.07, 6.45) is 3.43. The highest BCUT2D eigenvalue weighted by atomic mass is 35.5. The highest BCUT2D eigenvalue weighted by Crippen LogP contribution is 2.23. The number of aliphatic hydroxyl groups excluding tert-OH is 2. The van der Waals surface area contributed by atoms with Gasteiger partial charge in [0.05, 0.1) is 0 Å². The van der Waals surface area contributed by atoms with Gasteiger partial charge in [0.15, 0.2) is 0 Å². The van der Waals surface area contributed by atoms with Crippen molar-refractivity contribution < 1.29 is 31.9 Å². The fourth-order valence-electron chi connectivity index (χ4n) is 1.69. The molecule has 2 N–H and O–H groups in total. The van der Waals surface area contributed by atoms with E-state index in [1.165, 1.54) is 0 Å². The number of halogens is 1. The second-order valence-corrected chi connectivity index (χ2v) is 3.71. The summed E-state index contributed by atoms with van der Waals surface area (Å²) in [7, 11) is 0. The summed E-state index contributed by atoms with van der Waals surface area (Å²) in [6.45, 7) is 3.33. The molecule has 1 aromatic rings. The Labute approximate surface area is 94.3 Å². The van der Waals surface area contributed by atoms with Crippen LogP contribution in [0.3, 0.4) is 0 Å². The monoisotopic (exact) mass is 234 g/mol. The molecule has 0 amide bonds. The lowest BCUT2D eigenvalue weighted by Gasteiger charge is -2.26. The van der Waals surface area contributed by atoms with Gasteiger partial charge in [0, 0.05) is 0 Å². The molecule has 4 atom stereocenters. The number of rotatable bonds is 2. The van der Waals surface area contributed by atoms with Crippen LogP contribution in [0.1, 0.15) is 26.3 Å². The van der Waals surface area contributed by atoms with E-state index in [-0.39, 0.29) is 12.4 Å². The smallest absolute Gasteiger partial charge is 0.248 e. The minimum absolute atomic E-state index is 0. The predicted octanol–water partition coefficient (Wildman–Crippen LogP) is -3.43. The van der Waals surface area contributed by atoms with Crippen LogP contribution < -0.4 is 17.0 Å². The normalized spacial score (nSPS) is 28.0. The van der Waals surface area contributed by atoms with Crippen LogP contribution in [-0.4, -0.2) is 27.0 Å². The number of nitrogens with zero attached hydrogens (tertiary/aromatic N) is 2. The van der Waals surface area contributed by atoms with Gasteiger partial charge in [-0.15, -0.1) is 0 Å². The number of fused-ring (bicyclic) bond motifs is 2. The molecule has 86 valence electrons. The van der Waals surface area contributed by atoms with Crippen molar-refractivity contribution in [3.05, 3.63) is 18.7 Å². The largest absolute Gasteiger partial charge is 1.00 e. The van der Waals surface area contributed by atoms with Crippen molar-refractivity contribution in [3.8, 4) is 0 Å². The SMILES string of the molecule is CC(O)C1OC(C(C)O)[n+]2ccn1c2.[Cl-]. The van der Waals surface area contributed by atoms with Crippen LogP contribution in [0.4, 0.5) is 0 Å². The fraction of sp³-hybridized carbons (Fsp3) is 0.667. The molecule has 5 nitrogen and oxygen atoms in total. The van der Waals surface area contributed by atoms with E-state index in [1.54, 1.807) is 23.0 Å². The van der Waals surface area contributed by atoms with Crippen LogP contribution in [0.15, 0.2) is 18.7 Å². The summed E-state index contributed by atoms with van der Waals surface area (Å²) >= 11 is 0. The van der Waals surface area contributed by atoms with Crippen molar-refractivity contribution in [3.63, 3.8) is 0 Å². The maximum absolute atomic E-state index is 9.48. The molecule has 1 aromatic heterocycles. The van der Waals surface area contributed by atoms with Gasteiger partial charge in [0.1, 0.15) is 24.6 Å². The Morgan fingerprint density at radius 1 is 1.33 bits per heavy atom. The maximum atomic E-state index is 9.48. The first-order valence-electron chi connectivity index (χ1n) is 4.69. The van der Waals surface area contributed by atoms with Crippen molar-refractivity contribution in [1.29, 1.82) is 0 Å². The first-order chi connectivity index (χ1) is 6.59. The molecule has 0 aliphatic carbocycles. The molecule has 0 radical (unpaired) electrons. The van der Waals surface area contributed by atoms with Crippen molar-refractivity contribution in [2.24, 2.45) is 0 Å². The quantitative estimate of drug-likeness (QED) is 0.524. The van der Waals surface area contributed by atoms with Gasteiger partial charge in [-0.05, 0) is 13.8 Å². The molecule has 4 unspecified atom stereocenters. The summed E-state index contributed by atoms with van der Waals surface area (Å²) < 4.78 is 9.12. The first-order valence-corrected chi connectivity index (χ1v) is 4.69. The number of aromatic nitrogens is 2. The fourth-order valence-corrected chi connectivity index (χ4v) is 1.69. The van der Waals surface area contributed by atoms with Gasteiger partial charge in [-0.3, -0.25) is 4.74 Å². The Morgan fingerprint density at radius 3 is 2.53 bits per heavy atom. The van der Waals surface area contributed by atoms with E-state index in [4.69, 9.17) is 4.74 Å². The van der Waals surface area contributed by atoms with E-state index in [1.807, 2.05) is 18.7 Å². The number of ether oxygens (including phenoxy) is 1. The Kier molecular flexibility index (Phi) is 3.72. The molecule has 1 aliphatic rings. The topological polar surface area (TPSA) is 58.5 Å². The molecule has 6 heteroatoms. The summed E-state index contributed by atoms with van der Waals surface area (Å²) in [6, 6.07) is 0. The van der Waals surface area contributed by atoms with Crippen molar-refractivity contribution in [1.82, 2.24) is 4.57 Å². The van der Waals surface area contributed by atoms with Gasteiger partial charge in [-0.2, -0.15) is 0 Å². The lowest BCUT2D eigenvalue weighted by molar-refractivity contribution is -0.781. The van der Waals surface area contributed by atoms with E-state index in [0.29, 0.717) is 0 Å². The van der Waals surface area contributed by atoms with Crippen molar-refractivity contribution >= 4 is 0 Å². The summed E-state index contributed by atoms with van der Waals surface area (Å²) in [5.41, 5.74) is 0. The van der Waals surface area contributed by atoms with Gasteiger partial charge in [0.25, 0.3) is 0 Å². The highest BCUT2D eigenvalue weighted by Gasteiger charge is 2.37. The minimum Gasteiger partial charge on any atom is -1.00 e. The van der Waals surface area contributed by atoms with Gasteiger partial charge in [-0.25, -0.2) is 9.13 Å². The molecule has 0 saturated carbocycles. The van der Waals surface area contributed by atoms with E-state index < -0.39 is 24.7 Å².